The van der Waals surface area contributed by atoms with Crippen molar-refractivity contribution in [3.63, 3.8) is 0 Å². The average molecular weight is 243 g/mol. The highest BCUT2D eigenvalue weighted by atomic mass is 16.4. The van der Waals surface area contributed by atoms with Gasteiger partial charge in [-0.25, -0.2) is 4.79 Å². The summed E-state index contributed by atoms with van der Waals surface area (Å²) in [5.74, 6) is -0.962. The van der Waals surface area contributed by atoms with Gasteiger partial charge in [-0.15, -0.1) is 0 Å². The number of urea groups is 1. The molecule has 0 spiro atoms. The molecule has 0 saturated carbocycles. The van der Waals surface area contributed by atoms with Gasteiger partial charge >= 0.3 is 12.0 Å². The summed E-state index contributed by atoms with van der Waals surface area (Å²) in [5, 5.41) is 8.81. The highest BCUT2D eigenvalue weighted by Crippen LogP contribution is 2.10. The molecule has 1 heterocycles. The molecule has 1 N–H and O–H groups in total. The molecule has 1 saturated heterocycles. The van der Waals surface area contributed by atoms with Crippen molar-refractivity contribution >= 4 is 12.0 Å². The van der Waals surface area contributed by atoms with E-state index >= 15 is 0 Å². The monoisotopic (exact) mass is 243 g/mol. The minimum Gasteiger partial charge on any atom is -0.480 e. The number of carbonyl (C=O) groups is 2. The molecule has 17 heavy (non-hydrogen) atoms. The Balaban J connectivity index is 2.53. The van der Waals surface area contributed by atoms with E-state index in [4.69, 9.17) is 5.11 Å². The summed E-state index contributed by atoms with van der Waals surface area (Å²) in [6.07, 6.45) is 2.03. The molecule has 1 aliphatic rings. The van der Waals surface area contributed by atoms with E-state index < -0.39 is 5.97 Å². The van der Waals surface area contributed by atoms with Crippen molar-refractivity contribution in [2.75, 3.05) is 46.8 Å². The smallest absolute Gasteiger partial charge is 0.323 e. The predicted octanol–water partition coefficient (Wildman–Crippen LogP) is 0.150. The first-order valence-electron chi connectivity index (χ1n) is 5.91. The molecular weight excluding hydrogens is 222 g/mol. The van der Waals surface area contributed by atoms with Crippen LogP contribution in [-0.2, 0) is 4.79 Å². The first-order chi connectivity index (χ1) is 8.00. The number of carboxylic acid groups (broad SMARTS) is 1. The lowest BCUT2D eigenvalue weighted by Crippen LogP contribution is -2.46. The summed E-state index contributed by atoms with van der Waals surface area (Å²) in [6.45, 7) is 2.40. The van der Waals surface area contributed by atoms with Gasteiger partial charge in [-0.3, -0.25) is 4.79 Å². The Morgan fingerprint density at radius 1 is 1.18 bits per heavy atom. The third-order valence-electron chi connectivity index (χ3n) is 2.79. The molecular formula is C11H21N3O3. The van der Waals surface area contributed by atoms with E-state index in [2.05, 4.69) is 0 Å². The van der Waals surface area contributed by atoms with Crippen molar-refractivity contribution in [3.8, 4) is 0 Å². The van der Waals surface area contributed by atoms with Crippen molar-refractivity contribution in [2.45, 2.75) is 12.8 Å². The summed E-state index contributed by atoms with van der Waals surface area (Å²) in [4.78, 5) is 27.9. The van der Waals surface area contributed by atoms with Crippen LogP contribution in [0.5, 0.6) is 0 Å². The van der Waals surface area contributed by atoms with Crippen LogP contribution in [0.25, 0.3) is 0 Å². The topological polar surface area (TPSA) is 64.1 Å². The molecule has 2 amide bonds. The minimum absolute atomic E-state index is 0.147. The standard InChI is InChI=1S/C11H21N3O3/c1-12(2)7-8-14(9-10(15)16)11(17)13-5-3-4-6-13/h3-9H2,1-2H3,(H,15,16). The highest BCUT2D eigenvalue weighted by molar-refractivity contribution is 5.80. The summed E-state index contributed by atoms with van der Waals surface area (Å²) < 4.78 is 0. The van der Waals surface area contributed by atoms with Gasteiger partial charge in [0, 0.05) is 26.2 Å². The third-order valence-corrected chi connectivity index (χ3v) is 2.79. The molecule has 1 fully saturated rings. The SMILES string of the molecule is CN(C)CCN(CC(=O)O)C(=O)N1CCCC1. The number of aliphatic carboxylic acids is 1. The molecule has 6 heteroatoms. The van der Waals surface area contributed by atoms with Crippen molar-refractivity contribution in [3.05, 3.63) is 0 Å². The number of rotatable bonds is 5. The van der Waals surface area contributed by atoms with Crippen LogP contribution in [0.1, 0.15) is 12.8 Å². The quantitative estimate of drug-likeness (QED) is 0.746. The van der Waals surface area contributed by atoms with E-state index in [1.54, 1.807) is 4.90 Å². The molecule has 0 aromatic heterocycles. The zero-order valence-corrected chi connectivity index (χ0v) is 10.6. The molecule has 6 nitrogen and oxygen atoms in total. The highest BCUT2D eigenvalue weighted by Gasteiger charge is 2.24. The number of carboxylic acids is 1. The van der Waals surface area contributed by atoms with Crippen molar-refractivity contribution in [1.29, 1.82) is 0 Å². The van der Waals surface area contributed by atoms with Crippen LogP contribution in [-0.4, -0.2) is 78.6 Å². The lowest BCUT2D eigenvalue weighted by Gasteiger charge is -2.27. The van der Waals surface area contributed by atoms with Gasteiger partial charge in [0.15, 0.2) is 0 Å². The Hall–Kier alpha value is -1.30. The van der Waals surface area contributed by atoms with Gasteiger partial charge in [0.25, 0.3) is 0 Å². The van der Waals surface area contributed by atoms with Crippen LogP contribution in [0.15, 0.2) is 0 Å². The fourth-order valence-corrected chi connectivity index (χ4v) is 1.83. The Morgan fingerprint density at radius 3 is 2.24 bits per heavy atom. The van der Waals surface area contributed by atoms with Crippen LogP contribution in [0.4, 0.5) is 4.79 Å². The van der Waals surface area contributed by atoms with Gasteiger partial charge < -0.3 is 19.8 Å². The third kappa shape index (κ3) is 4.60. The van der Waals surface area contributed by atoms with Gasteiger partial charge in [-0.1, -0.05) is 0 Å². The van der Waals surface area contributed by atoms with E-state index in [0.29, 0.717) is 13.1 Å². The summed E-state index contributed by atoms with van der Waals surface area (Å²) in [7, 11) is 3.80. The van der Waals surface area contributed by atoms with Crippen LogP contribution in [0.3, 0.4) is 0 Å². The van der Waals surface area contributed by atoms with Gasteiger partial charge in [-0.05, 0) is 26.9 Å². The fraction of sp³-hybridized carbons (Fsp3) is 0.818. The molecule has 0 bridgehead atoms. The number of likely N-dealkylation sites (tertiary alicyclic amines) is 1. The lowest BCUT2D eigenvalue weighted by molar-refractivity contribution is -0.137. The van der Waals surface area contributed by atoms with E-state index in [1.807, 2.05) is 19.0 Å². The van der Waals surface area contributed by atoms with E-state index in [1.165, 1.54) is 4.90 Å². The van der Waals surface area contributed by atoms with E-state index in [0.717, 1.165) is 25.9 Å². The molecule has 1 aliphatic heterocycles. The molecule has 0 aromatic carbocycles. The molecule has 0 aliphatic carbocycles. The number of likely N-dealkylation sites (N-methyl/N-ethyl adjacent to an activating group) is 1. The summed E-state index contributed by atoms with van der Waals surface area (Å²) >= 11 is 0. The summed E-state index contributed by atoms with van der Waals surface area (Å²) in [6, 6.07) is -0.147. The second-order valence-corrected chi connectivity index (χ2v) is 4.60. The Bertz CT molecular complexity index is 275. The van der Waals surface area contributed by atoms with Crippen molar-refractivity contribution in [2.24, 2.45) is 0 Å². The second kappa shape index (κ2) is 6.44. The van der Waals surface area contributed by atoms with Gasteiger partial charge in [0.1, 0.15) is 6.54 Å². The molecule has 98 valence electrons. The number of hydrogen-bond acceptors (Lipinski definition) is 3. The van der Waals surface area contributed by atoms with Gasteiger partial charge in [-0.2, -0.15) is 0 Å². The zero-order valence-electron chi connectivity index (χ0n) is 10.6. The Labute approximate surface area is 102 Å². The normalized spacial score (nSPS) is 15.4. The zero-order chi connectivity index (χ0) is 12.8. The maximum atomic E-state index is 12.1. The van der Waals surface area contributed by atoms with Crippen LogP contribution in [0.2, 0.25) is 0 Å². The van der Waals surface area contributed by atoms with Crippen molar-refractivity contribution < 1.29 is 14.7 Å². The van der Waals surface area contributed by atoms with E-state index in [-0.39, 0.29) is 12.6 Å². The largest absolute Gasteiger partial charge is 0.480 e. The predicted molar refractivity (Wildman–Crippen MR) is 64.0 cm³/mol. The van der Waals surface area contributed by atoms with Crippen LogP contribution in [0, 0.1) is 0 Å². The summed E-state index contributed by atoms with van der Waals surface area (Å²) in [5.41, 5.74) is 0. The number of nitrogens with zero attached hydrogens (tertiary/aromatic N) is 3. The number of amides is 2. The molecule has 0 atom stereocenters. The van der Waals surface area contributed by atoms with Crippen LogP contribution < -0.4 is 0 Å². The Morgan fingerprint density at radius 2 is 1.76 bits per heavy atom. The van der Waals surface area contributed by atoms with E-state index in [9.17, 15) is 9.59 Å². The van der Waals surface area contributed by atoms with Crippen molar-refractivity contribution in [1.82, 2.24) is 14.7 Å². The molecule has 0 aromatic rings. The van der Waals surface area contributed by atoms with Gasteiger partial charge in [0.05, 0.1) is 0 Å². The lowest BCUT2D eigenvalue weighted by atomic mass is 10.4. The first-order valence-corrected chi connectivity index (χ1v) is 5.91. The molecule has 0 radical (unpaired) electrons. The Kier molecular flexibility index (Phi) is 5.21. The number of carbonyl (C=O) groups excluding carboxylic acids is 1. The van der Waals surface area contributed by atoms with Gasteiger partial charge in [0.2, 0.25) is 0 Å². The minimum atomic E-state index is -0.962. The fourth-order valence-electron chi connectivity index (χ4n) is 1.83. The molecule has 0 unspecified atom stereocenters. The maximum absolute atomic E-state index is 12.1. The molecule has 1 rings (SSSR count). The first kappa shape index (κ1) is 13.8. The number of hydrogen-bond donors (Lipinski definition) is 1. The average Bonchev–Trinajstić information content (AvgIpc) is 2.75. The second-order valence-electron chi connectivity index (χ2n) is 4.60. The van der Waals surface area contributed by atoms with Crippen LogP contribution >= 0.6 is 0 Å². The maximum Gasteiger partial charge on any atom is 0.323 e.